The van der Waals surface area contributed by atoms with Gasteiger partial charge in [-0.25, -0.2) is 18.5 Å². The van der Waals surface area contributed by atoms with Crippen LogP contribution in [0, 0.1) is 0 Å². The van der Waals surface area contributed by atoms with Crippen LogP contribution >= 0.6 is 0 Å². The average Bonchev–Trinajstić information content (AvgIpc) is 3.20. The normalized spacial score (nSPS) is 19.3. The highest BCUT2D eigenvalue weighted by Gasteiger charge is 2.48. The van der Waals surface area contributed by atoms with Crippen LogP contribution in [0.25, 0.3) is 27.5 Å². The second-order valence-electron chi connectivity index (χ2n) is 14.5. The van der Waals surface area contributed by atoms with Crippen LogP contribution < -0.4 is 16.6 Å². The average molecular weight is 801 g/mol. The molecule has 3 aromatic heterocycles. The van der Waals surface area contributed by atoms with Crippen LogP contribution in [0.2, 0.25) is 0 Å². The summed E-state index contributed by atoms with van der Waals surface area (Å²) in [6, 6.07) is 13.9. The number of benzene rings is 2. The minimum Gasteiger partial charge on any atom is -0.464 e. The maximum absolute atomic E-state index is 16.7. The lowest BCUT2D eigenvalue weighted by Gasteiger charge is -2.42. The summed E-state index contributed by atoms with van der Waals surface area (Å²) < 4.78 is 71.5. The number of rotatable bonds is 10. The van der Waals surface area contributed by atoms with E-state index in [4.69, 9.17) is 9.47 Å². The maximum atomic E-state index is 16.7. The number of carbonyl (C=O) groups excluding carboxylic acids is 2. The van der Waals surface area contributed by atoms with Gasteiger partial charge in [-0.2, -0.15) is 13.2 Å². The molecule has 7 rings (SSSR count). The molecule has 2 aromatic carbocycles. The molecule has 1 fully saturated rings. The van der Waals surface area contributed by atoms with Crippen molar-refractivity contribution in [2.45, 2.75) is 57.0 Å². The van der Waals surface area contributed by atoms with Gasteiger partial charge in [-0.3, -0.25) is 24.1 Å². The predicted octanol–water partition coefficient (Wildman–Crippen LogP) is 5.04. The predicted molar refractivity (Wildman–Crippen MR) is 207 cm³/mol. The largest absolute Gasteiger partial charge is 0.464 e. The number of pyridine rings is 2. The van der Waals surface area contributed by atoms with E-state index in [0.29, 0.717) is 22.9 Å². The van der Waals surface area contributed by atoms with Crippen LogP contribution in [0.3, 0.4) is 0 Å². The Labute approximate surface area is 329 Å². The van der Waals surface area contributed by atoms with E-state index in [9.17, 15) is 32.3 Å². The number of halogens is 4. The first-order valence-electron chi connectivity index (χ1n) is 18.6. The number of aromatic nitrogens is 4. The second-order valence-corrected chi connectivity index (χ2v) is 14.5. The molecule has 1 saturated heterocycles. The Morgan fingerprint density at radius 2 is 1.83 bits per heavy atom. The van der Waals surface area contributed by atoms with Crippen molar-refractivity contribution in [2.24, 2.45) is 7.05 Å². The summed E-state index contributed by atoms with van der Waals surface area (Å²) in [7, 11) is 1.52. The molecule has 5 aromatic rings. The number of esters is 1. The van der Waals surface area contributed by atoms with E-state index in [2.05, 4.69) is 15.3 Å². The highest BCUT2D eigenvalue weighted by Crippen LogP contribution is 2.40. The number of hydrogen-bond acceptors (Lipinski definition) is 9. The summed E-state index contributed by atoms with van der Waals surface area (Å²) in [6.07, 6.45) is 0.789. The molecule has 1 N–H and O–H groups in total. The molecular weight excluding hydrogens is 760 g/mol. The fourth-order valence-electron chi connectivity index (χ4n) is 7.77. The van der Waals surface area contributed by atoms with E-state index in [-0.39, 0.29) is 59.6 Å². The van der Waals surface area contributed by atoms with Crippen LogP contribution in [0.5, 0.6) is 0 Å². The minimum absolute atomic E-state index is 0.0234. The number of aryl methyl sites for hydroxylation is 1. The number of fused-ring (bicyclic) bond motifs is 2. The smallest absolute Gasteiger partial charge is 0.410 e. The van der Waals surface area contributed by atoms with Crippen molar-refractivity contribution in [3.8, 4) is 5.69 Å². The first kappa shape index (κ1) is 40.1. The molecule has 302 valence electrons. The van der Waals surface area contributed by atoms with Gasteiger partial charge in [0.2, 0.25) is 0 Å². The van der Waals surface area contributed by atoms with Gasteiger partial charge >= 0.3 is 17.8 Å². The van der Waals surface area contributed by atoms with E-state index in [0.717, 1.165) is 22.0 Å². The summed E-state index contributed by atoms with van der Waals surface area (Å²) >= 11 is 0. The van der Waals surface area contributed by atoms with Gasteiger partial charge in [0.1, 0.15) is 17.8 Å². The first-order chi connectivity index (χ1) is 27.7. The Kier molecular flexibility index (Phi) is 11.0. The van der Waals surface area contributed by atoms with Crippen molar-refractivity contribution in [3.63, 3.8) is 0 Å². The number of alkyl halides is 4. The van der Waals surface area contributed by atoms with E-state index in [1.807, 2.05) is 30.3 Å². The lowest BCUT2D eigenvalue weighted by atomic mass is 9.82. The minimum atomic E-state index is -4.63. The third-order valence-electron chi connectivity index (χ3n) is 10.6. The number of hydrogen-bond donors (Lipinski definition) is 1. The van der Waals surface area contributed by atoms with Crippen LogP contribution in [-0.2, 0) is 39.0 Å². The summed E-state index contributed by atoms with van der Waals surface area (Å²) in [5.74, 6) is -1.75. The van der Waals surface area contributed by atoms with Gasteiger partial charge in [0.05, 0.1) is 53.7 Å². The Hall–Kier alpha value is -6.16. The summed E-state index contributed by atoms with van der Waals surface area (Å²) in [5.41, 5.74) is -1.61. The molecule has 1 aliphatic carbocycles. The van der Waals surface area contributed by atoms with Crippen molar-refractivity contribution < 1.29 is 36.6 Å². The Balaban J connectivity index is 1.24. The van der Waals surface area contributed by atoms with Gasteiger partial charge in [0.25, 0.3) is 11.5 Å². The van der Waals surface area contributed by atoms with Crippen LogP contribution in [0.4, 0.5) is 17.6 Å². The molecule has 3 atom stereocenters. The Morgan fingerprint density at radius 3 is 2.57 bits per heavy atom. The second kappa shape index (κ2) is 16.0. The van der Waals surface area contributed by atoms with Crippen molar-refractivity contribution in [2.75, 3.05) is 26.4 Å². The van der Waals surface area contributed by atoms with Gasteiger partial charge < -0.3 is 19.7 Å². The molecule has 0 bridgehead atoms. The number of ether oxygens (including phenoxy) is 2. The number of amides is 1. The van der Waals surface area contributed by atoms with Gasteiger partial charge in [-0.05, 0) is 54.8 Å². The van der Waals surface area contributed by atoms with Gasteiger partial charge in [0, 0.05) is 56.3 Å². The number of nitrogens with one attached hydrogen (secondary N) is 1. The zero-order valence-corrected chi connectivity index (χ0v) is 31.9. The van der Waals surface area contributed by atoms with Gasteiger partial charge in [0.15, 0.2) is 0 Å². The Morgan fingerprint density at radius 1 is 1.05 bits per heavy atom. The van der Waals surface area contributed by atoms with E-state index < -0.39 is 60.1 Å². The topological polar surface area (TPSA) is 138 Å². The summed E-state index contributed by atoms with van der Waals surface area (Å²) in [4.78, 5) is 64.9. The van der Waals surface area contributed by atoms with Crippen LogP contribution in [0.15, 0.2) is 112 Å². The third kappa shape index (κ3) is 7.88. The SMILES string of the molecule is CC1=C(C(=O)N[C@@H](Cc2ccc(-n3c(=O)c4ccncc4n(C)c3=O)c3ncccc23)C(=O)OCCc2ccccc2)C(C)(F)CC(N2CCOC[C@@H]2C(F)(F)F)=C1. The van der Waals surface area contributed by atoms with Crippen molar-refractivity contribution in [1.82, 2.24) is 29.3 Å². The lowest BCUT2D eigenvalue weighted by Crippen LogP contribution is -2.54. The van der Waals surface area contributed by atoms with E-state index in [1.54, 1.807) is 18.2 Å². The Bertz CT molecular complexity index is 2580. The number of carbonyl (C=O) groups is 2. The highest BCUT2D eigenvalue weighted by molar-refractivity contribution is 5.99. The quantitative estimate of drug-likeness (QED) is 0.152. The van der Waals surface area contributed by atoms with Gasteiger partial charge in [-0.15, -0.1) is 0 Å². The number of allylic oxidation sites excluding steroid dienone is 3. The molecular formula is C42H40F4N6O6. The molecule has 4 heterocycles. The fraction of sp³-hybridized carbons (Fsp3) is 0.333. The van der Waals surface area contributed by atoms with Gasteiger partial charge in [-0.1, -0.05) is 42.5 Å². The van der Waals surface area contributed by atoms with Crippen molar-refractivity contribution in [1.29, 1.82) is 0 Å². The van der Waals surface area contributed by atoms with E-state index in [1.165, 1.54) is 55.3 Å². The van der Waals surface area contributed by atoms with Crippen LogP contribution in [0.1, 0.15) is 31.4 Å². The van der Waals surface area contributed by atoms with E-state index >= 15 is 4.39 Å². The van der Waals surface area contributed by atoms with Crippen LogP contribution in [-0.4, -0.2) is 86.2 Å². The molecule has 0 radical (unpaired) electrons. The van der Waals surface area contributed by atoms with Crippen molar-refractivity contribution in [3.05, 3.63) is 134 Å². The number of morpholine rings is 1. The maximum Gasteiger partial charge on any atom is 0.410 e. The standard InChI is InChI=1S/C42H40F4N6O6/c1-25-20-28(51-17-19-57-24-34(51)42(44,45)46)22-41(2,43)35(25)37(53)49-31(39(55)58-18-14-26-8-5-4-6-9-26)21-27-11-12-32(36-29(27)10-7-15-48-36)52-38(54)30-13-16-47-23-33(30)50(3)40(52)56/h4-13,15-16,20,23,31,34H,14,17-19,21-22,24H2,1-3H3,(H,49,53)/t31-,34+,41?/m0/s1. The summed E-state index contributed by atoms with van der Waals surface area (Å²) in [6.45, 7) is 1.84. The molecule has 1 unspecified atom stereocenters. The fourth-order valence-corrected chi connectivity index (χ4v) is 7.77. The third-order valence-corrected chi connectivity index (χ3v) is 10.6. The zero-order valence-electron chi connectivity index (χ0n) is 31.9. The molecule has 12 nitrogen and oxygen atoms in total. The molecule has 16 heteroatoms. The first-order valence-corrected chi connectivity index (χ1v) is 18.6. The number of nitrogens with zero attached hydrogens (tertiary/aromatic N) is 5. The molecule has 0 saturated carbocycles. The zero-order chi connectivity index (χ0) is 41.4. The molecule has 58 heavy (non-hydrogen) atoms. The lowest BCUT2D eigenvalue weighted by molar-refractivity contribution is -0.206. The molecule has 1 amide bonds. The molecule has 2 aliphatic rings. The van der Waals surface area contributed by atoms with Crippen molar-refractivity contribution >= 4 is 33.7 Å². The summed E-state index contributed by atoms with van der Waals surface area (Å²) in [5, 5.41) is 3.38. The monoisotopic (exact) mass is 800 g/mol. The highest BCUT2D eigenvalue weighted by atomic mass is 19.4. The molecule has 0 spiro atoms. The molecule has 1 aliphatic heterocycles.